The van der Waals surface area contributed by atoms with E-state index in [1.54, 1.807) is 0 Å². The minimum Gasteiger partial charge on any atom is -0.328 e. The molecule has 0 saturated heterocycles. The van der Waals surface area contributed by atoms with Gasteiger partial charge in [-0.15, -0.1) is 0 Å². The van der Waals surface area contributed by atoms with Gasteiger partial charge < -0.3 is 4.57 Å². The lowest BCUT2D eigenvalue weighted by Crippen LogP contribution is -2.04. The van der Waals surface area contributed by atoms with Crippen LogP contribution in [-0.2, 0) is 6.54 Å². The minimum atomic E-state index is 0.749. The smallest absolute Gasteiger partial charge is 0.106 e. The Bertz CT molecular complexity index is 813. The van der Waals surface area contributed by atoms with Gasteiger partial charge in [0.15, 0.2) is 0 Å². The summed E-state index contributed by atoms with van der Waals surface area (Å²) in [4.78, 5) is 4.33. The summed E-state index contributed by atoms with van der Waals surface area (Å²) in [7, 11) is 0. The number of aryl methyl sites for hydroxylation is 2. The molecule has 0 amide bonds. The Hall–Kier alpha value is -2.32. The van der Waals surface area contributed by atoms with Crippen LogP contribution in [0.3, 0.4) is 0 Å². The molecular formula is C20H19ClN2. The predicted octanol–water partition coefficient (Wildman–Crippen LogP) is 5.37. The lowest BCUT2D eigenvalue weighted by Gasteiger charge is -2.10. The molecular weight excluding hydrogens is 304 g/mol. The number of hydrogen-bond acceptors (Lipinski definition) is 1. The van der Waals surface area contributed by atoms with Gasteiger partial charge in [-0.25, -0.2) is 4.98 Å². The highest BCUT2D eigenvalue weighted by Crippen LogP contribution is 2.21. The fraction of sp³-hybridized carbons (Fsp3) is 0.150. The summed E-state index contributed by atoms with van der Waals surface area (Å²) in [5.74, 6) is 1.01. The third-order valence-electron chi connectivity index (χ3n) is 3.93. The fourth-order valence-electron chi connectivity index (χ4n) is 2.54. The lowest BCUT2D eigenvalue weighted by atomic mass is 10.1. The summed E-state index contributed by atoms with van der Waals surface area (Å²) in [5.41, 5.74) is 4.53. The zero-order valence-corrected chi connectivity index (χ0v) is 14.1. The van der Waals surface area contributed by atoms with Crippen molar-refractivity contribution >= 4 is 23.8 Å². The molecule has 0 spiro atoms. The SMILES string of the molecule is Cc1cnc(C)n1Cc1ccc(C=Cc2ccccc2)cc1Cl. The summed E-state index contributed by atoms with van der Waals surface area (Å²) in [6, 6.07) is 16.4. The summed E-state index contributed by atoms with van der Waals surface area (Å²) in [5, 5.41) is 0.785. The summed E-state index contributed by atoms with van der Waals surface area (Å²) in [6.07, 6.45) is 6.06. The molecule has 3 aromatic rings. The third kappa shape index (κ3) is 3.72. The van der Waals surface area contributed by atoms with E-state index in [0.29, 0.717) is 0 Å². The highest BCUT2D eigenvalue weighted by molar-refractivity contribution is 6.31. The molecule has 3 rings (SSSR count). The predicted molar refractivity (Wildman–Crippen MR) is 97.6 cm³/mol. The highest BCUT2D eigenvalue weighted by Gasteiger charge is 2.06. The van der Waals surface area contributed by atoms with Crippen molar-refractivity contribution in [3.63, 3.8) is 0 Å². The number of rotatable bonds is 4. The summed E-state index contributed by atoms with van der Waals surface area (Å²) < 4.78 is 2.17. The Balaban J connectivity index is 1.80. The first-order valence-electron chi connectivity index (χ1n) is 7.64. The molecule has 2 nitrogen and oxygen atoms in total. The molecule has 0 fully saturated rings. The van der Waals surface area contributed by atoms with Crippen molar-refractivity contribution in [2.75, 3.05) is 0 Å². The van der Waals surface area contributed by atoms with Gasteiger partial charge in [-0.2, -0.15) is 0 Å². The van der Waals surface area contributed by atoms with Crippen LogP contribution >= 0.6 is 11.6 Å². The number of benzene rings is 2. The Labute approximate surface area is 142 Å². The molecule has 3 heteroatoms. The van der Waals surface area contributed by atoms with E-state index in [0.717, 1.165) is 34.2 Å². The maximum absolute atomic E-state index is 6.47. The first kappa shape index (κ1) is 15.6. The van der Waals surface area contributed by atoms with Crippen LogP contribution in [0.15, 0.2) is 54.7 Å². The molecule has 0 atom stereocenters. The maximum atomic E-state index is 6.47. The van der Waals surface area contributed by atoms with Crippen molar-refractivity contribution in [3.05, 3.63) is 88.0 Å². The third-order valence-corrected chi connectivity index (χ3v) is 4.28. The quantitative estimate of drug-likeness (QED) is 0.590. The van der Waals surface area contributed by atoms with Gasteiger partial charge in [0.25, 0.3) is 0 Å². The van der Waals surface area contributed by atoms with Gasteiger partial charge in [0.2, 0.25) is 0 Å². The molecule has 0 unspecified atom stereocenters. The van der Waals surface area contributed by atoms with E-state index in [1.807, 2.05) is 37.4 Å². The van der Waals surface area contributed by atoms with Gasteiger partial charge in [-0.05, 0) is 36.6 Å². The largest absolute Gasteiger partial charge is 0.328 e. The van der Waals surface area contributed by atoms with E-state index in [4.69, 9.17) is 11.6 Å². The molecule has 0 aliphatic carbocycles. The molecule has 0 aliphatic heterocycles. The van der Waals surface area contributed by atoms with E-state index < -0.39 is 0 Å². The van der Waals surface area contributed by atoms with Gasteiger partial charge in [-0.3, -0.25) is 0 Å². The van der Waals surface area contributed by atoms with Gasteiger partial charge in [0.1, 0.15) is 5.82 Å². The molecule has 0 bridgehead atoms. The van der Waals surface area contributed by atoms with Crippen LogP contribution in [0.4, 0.5) is 0 Å². The zero-order valence-electron chi connectivity index (χ0n) is 13.3. The highest BCUT2D eigenvalue weighted by atomic mass is 35.5. The van der Waals surface area contributed by atoms with Crippen LogP contribution in [0, 0.1) is 13.8 Å². The van der Waals surface area contributed by atoms with Gasteiger partial charge in [0, 0.05) is 16.9 Å². The van der Waals surface area contributed by atoms with Crippen molar-refractivity contribution in [1.29, 1.82) is 0 Å². The van der Waals surface area contributed by atoms with Crippen LogP contribution in [0.1, 0.15) is 28.2 Å². The van der Waals surface area contributed by atoms with Crippen molar-refractivity contribution in [3.8, 4) is 0 Å². The Kier molecular flexibility index (Phi) is 4.63. The van der Waals surface area contributed by atoms with Gasteiger partial charge in [0.05, 0.1) is 6.54 Å². The van der Waals surface area contributed by atoms with Gasteiger partial charge >= 0.3 is 0 Å². The van der Waals surface area contributed by atoms with Crippen molar-refractivity contribution in [1.82, 2.24) is 9.55 Å². The molecule has 23 heavy (non-hydrogen) atoms. The van der Waals surface area contributed by atoms with Crippen molar-refractivity contribution < 1.29 is 0 Å². The molecule has 0 radical (unpaired) electrons. The second kappa shape index (κ2) is 6.84. The van der Waals surface area contributed by atoms with Crippen molar-refractivity contribution in [2.24, 2.45) is 0 Å². The Morgan fingerprint density at radius 1 is 1.00 bits per heavy atom. The summed E-state index contributed by atoms with van der Waals surface area (Å²) >= 11 is 6.47. The first-order valence-corrected chi connectivity index (χ1v) is 8.01. The second-order valence-corrected chi connectivity index (χ2v) is 6.04. The average molecular weight is 323 g/mol. The van der Waals surface area contributed by atoms with Crippen LogP contribution in [0.25, 0.3) is 12.2 Å². The van der Waals surface area contributed by atoms with E-state index in [2.05, 4.69) is 52.9 Å². The lowest BCUT2D eigenvalue weighted by molar-refractivity contribution is 0.738. The number of aromatic nitrogens is 2. The maximum Gasteiger partial charge on any atom is 0.106 e. The number of halogens is 1. The number of hydrogen-bond donors (Lipinski definition) is 0. The fourth-order valence-corrected chi connectivity index (χ4v) is 2.79. The molecule has 1 heterocycles. The van der Waals surface area contributed by atoms with Crippen LogP contribution in [-0.4, -0.2) is 9.55 Å². The van der Waals surface area contributed by atoms with E-state index in [-0.39, 0.29) is 0 Å². The van der Waals surface area contributed by atoms with Gasteiger partial charge in [-0.1, -0.05) is 66.2 Å². The van der Waals surface area contributed by atoms with Crippen molar-refractivity contribution in [2.45, 2.75) is 20.4 Å². The molecule has 0 N–H and O–H groups in total. The number of nitrogens with zero attached hydrogens (tertiary/aromatic N) is 2. The molecule has 2 aromatic carbocycles. The normalized spacial score (nSPS) is 11.3. The standard InChI is InChI=1S/C20H19ClN2/c1-15-13-22-16(2)23(15)14-19-11-10-18(12-20(19)21)9-8-17-6-4-3-5-7-17/h3-13H,14H2,1-2H3. The zero-order chi connectivity index (χ0) is 16.2. The van der Waals surface area contributed by atoms with E-state index >= 15 is 0 Å². The molecule has 116 valence electrons. The van der Waals surface area contributed by atoms with E-state index in [1.165, 1.54) is 5.56 Å². The average Bonchev–Trinajstić information content (AvgIpc) is 2.88. The Morgan fingerprint density at radius 2 is 1.74 bits per heavy atom. The van der Waals surface area contributed by atoms with Crippen LogP contribution in [0.5, 0.6) is 0 Å². The topological polar surface area (TPSA) is 17.8 Å². The van der Waals surface area contributed by atoms with Crippen LogP contribution in [0.2, 0.25) is 5.02 Å². The molecule has 1 aromatic heterocycles. The second-order valence-electron chi connectivity index (χ2n) is 5.63. The summed E-state index contributed by atoms with van der Waals surface area (Å²) in [6.45, 7) is 4.82. The molecule has 0 saturated carbocycles. The van der Waals surface area contributed by atoms with Crippen LogP contribution < -0.4 is 0 Å². The minimum absolute atomic E-state index is 0.749. The monoisotopic (exact) mass is 322 g/mol. The first-order chi connectivity index (χ1) is 11.1. The van der Waals surface area contributed by atoms with E-state index in [9.17, 15) is 0 Å². The number of imidazole rings is 1. The molecule has 0 aliphatic rings. The Morgan fingerprint density at radius 3 is 2.39 bits per heavy atom.